The summed E-state index contributed by atoms with van der Waals surface area (Å²) in [6, 6.07) is 0. The van der Waals surface area contributed by atoms with Gasteiger partial charge in [0.25, 0.3) is 0 Å². The highest BCUT2D eigenvalue weighted by atomic mass is 16.6. The van der Waals surface area contributed by atoms with E-state index in [9.17, 15) is 5.11 Å². The van der Waals surface area contributed by atoms with Crippen LogP contribution in [0.1, 0.15) is 72.6 Å². The van der Waals surface area contributed by atoms with Crippen molar-refractivity contribution in [1.29, 1.82) is 0 Å². The van der Waals surface area contributed by atoms with Crippen LogP contribution < -0.4 is 5.73 Å². The molecule has 8 atom stereocenters. The maximum atomic E-state index is 10.7. The number of hydrogen-bond donors (Lipinski definition) is 2. The van der Waals surface area contributed by atoms with E-state index in [1.54, 1.807) is 0 Å². The molecule has 4 saturated carbocycles. The molecule has 5 rings (SSSR count). The summed E-state index contributed by atoms with van der Waals surface area (Å²) in [5.74, 6) is 2.05. The molecule has 5 fully saturated rings. The van der Waals surface area contributed by atoms with Crippen LogP contribution in [0.4, 0.5) is 0 Å². The van der Waals surface area contributed by atoms with E-state index in [-0.39, 0.29) is 27.9 Å². The summed E-state index contributed by atoms with van der Waals surface area (Å²) in [4.78, 5) is 5.50. The molecule has 1 aliphatic heterocycles. The Morgan fingerprint density at radius 1 is 1.14 bits per heavy atom. The predicted molar refractivity (Wildman–Crippen MR) is 109 cm³/mol. The van der Waals surface area contributed by atoms with Crippen molar-refractivity contribution < 1.29 is 14.7 Å². The summed E-state index contributed by atoms with van der Waals surface area (Å²) >= 11 is 0. The Hall–Kier alpha value is -0.650. The highest BCUT2D eigenvalue weighted by Crippen LogP contribution is 2.76. The van der Waals surface area contributed by atoms with Gasteiger partial charge < -0.3 is 20.4 Å². The summed E-state index contributed by atoms with van der Waals surface area (Å²) in [5, 5.41) is 15.2. The number of rotatable bonds is 3. The molecular weight excluding hydrogens is 352 g/mol. The first-order valence-electron chi connectivity index (χ1n) is 11.5. The second-order valence-corrected chi connectivity index (χ2v) is 11.3. The third-order valence-electron chi connectivity index (χ3n) is 10.2. The predicted octanol–water partition coefficient (Wildman–Crippen LogP) is 3.49. The van der Waals surface area contributed by atoms with E-state index in [4.69, 9.17) is 15.3 Å². The number of epoxide rings is 1. The van der Waals surface area contributed by atoms with Crippen LogP contribution in [0.25, 0.3) is 0 Å². The Morgan fingerprint density at radius 2 is 1.93 bits per heavy atom. The Kier molecular flexibility index (Phi) is 4.11. The second kappa shape index (κ2) is 5.95. The third-order valence-corrected chi connectivity index (χ3v) is 10.2. The van der Waals surface area contributed by atoms with Crippen molar-refractivity contribution in [3.05, 3.63) is 0 Å². The van der Waals surface area contributed by atoms with E-state index < -0.39 is 0 Å². The summed E-state index contributed by atoms with van der Waals surface area (Å²) in [5.41, 5.74) is 6.82. The van der Waals surface area contributed by atoms with E-state index in [1.165, 1.54) is 12.8 Å². The molecule has 4 aliphatic carbocycles. The largest absolute Gasteiger partial charge is 0.394 e. The topological polar surface area (TPSA) is 80.4 Å². The van der Waals surface area contributed by atoms with Gasteiger partial charge in [0.2, 0.25) is 0 Å². The average molecular weight is 391 g/mol. The number of aliphatic hydroxyl groups excluding tert-OH is 1. The van der Waals surface area contributed by atoms with Gasteiger partial charge in [-0.25, -0.2) is 0 Å². The molecule has 0 bridgehead atoms. The molecule has 28 heavy (non-hydrogen) atoms. The zero-order valence-electron chi connectivity index (χ0n) is 18.0. The Labute approximate surface area is 169 Å². The van der Waals surface area contributed by atoms with Crippen LogP contribution in [-0.4, -0.2) is 41.8 Å². The van der Waals surface area contributed by atoms with Gasteiger partial charge in [-0.15, -0.1) is 0 Å². The first kappa shape index (κ1) is 19.3. The number of hydrogen-bond acceptors (Lipinski definition) is 5. The van der Waals surface area contributed by atoms with Crippen molar-refractivity contribution >= 4 is 5.71 Å². The molecule has 0 radical (unpaired) electrons. The normalized spacial score (nSPS) is 55.1. The van der Waals surface area contributed by atoms with Crippen molar-refractivity contribution in [3.8, 4) is 0 Å². The lowest BCUT2D eigenvalue weighted by Crippen LogP contribution is -2.64. The minimum Gasteiger partial charge on any atom is -0.394 e. The molecule has 3 N–H and O–H groups in total. The summed E-state index contributed by atoms with van der Waals surface area (Å²) < 4.78 is 6.70. The third kappa shape index (κ3) is 2.11. The van der Waals surface area contributed by atoms with E-state index in [0.717, 1.165) is 37.8 Å². The first-order valence-corrected chi connectivity index (χ1v) is 11.5. The fourth-order valence-corrected chi connectivity index (χ4v) is 8.68. The van der Waals surface area contributed by atoms with Crippen LogP contribution >= 0.6 is 0 Å². The molecular formula is C23H38N2O3. The molecule has 5 aliphatic rings. The van der Waals surface area contributed by atoms with E-state index in [0.29, 0.717) is 37.0 Å². The lowest BCUT2D eigenvalue weighted by Gasteiger charge is -2.61. The summed E-state index contributed by atoms with van der Waals surface area (Å²) in [6.45, 7) is 10.5. The van der Waals surface area contributed by atoms with E-state index in [1.807, 2.05) is 0 Å². The standard InChI is InChI=1S/C23H38N2O3/c1-20(2)17(25-27-12-11-24)8-10-22(4)16-7-9-21(3)15(5-6-18(21)26)14(16)13-19-23(20,22)28-19/h14-16,18-19,26H,5-13,24H2,1-4H3/b25-17+/t14-,15-,16-,18-,19-,21-,22+,23+/m0/s1. The van der Waals surface area contributed by atoms with Gasteiger partial charge in [-0.05, 0) is 68.1 Å². The molecule has 0 aromatic rings. The SMILES string of the molecule is CC1(C)/C(=N/OCCN)CC[C@]2(C)[C@H]3CC[C@]4(C)[C@@H](O)CC[C@H]4[C@@H]3C[C@@H]3O[C@]312. The number of fused-ring (bicyclic) bond motifs is 4. The number of nitrogens with two attached hydrogens (primary N) is 1. The zero-order valence-corrected chi connectivity index (χ0v) is 18.0. The van der Waals surface area contributed by atoms with Crippen LogP contribution in [0.2, 0.25) is 0 Å². The molecule has 5 heteroatoms. The Balaban J connectivity index is 1.48. The second-order valence-electron chi connectivity index (χ2n) is 11.3. The molecule has 1 spiro atoms. The van der Waals surface area contributed by atoms with Gasteiger partial charge in [-0.1, -0.05) is 32.9 Å². The van der Waals surface area contributed by atoms with Gasteiger partial charge in [0.05, 0.1) is 17.9 Å². The molecule has 0 aromatic carbocycles. The fourth-order valence-electron chi connectivity index (χ4n) is 8.68. The fraction of sp³-hybridized carbons (Fsp3) is 0.957. The molecule has 1 saturated heterocycles. The lowest BCUT2D eigenvalue weighted by atomic mass is 9.41. The smallest absolute Gasteiger partial charge is 0.129 e. The van der Waals surface area contributed by atoms with Crippen LogP contribution in [0.15, 0.2) is 5.16 Å². The Bertz CT molecular complexity index is 693. The number of oxime groups is 1. The van der Waals surface area contributed by atoms with Crippen molar-refractivity contribution in [3.63, 3.8) is 0 Å². The van der Waals surface area contributed by atoms with E-state index >= 15 is 0 Å². The minimum absolute atomic E-state index is 0.102. The lowest BCUT2D eigenvalue weighted by molar-refractivity contribution is -0.118. The maximum absolute atomic E-state index is 10.7. The van der Waals surface area contributed by atoms with Gasteiger partial charge in [-0.3, -0.25) is 0 Å². The molecule has 1 heterocycles. The molecule has 0 unspecified atom stereocenters. The van der Waals surface area contributed by atoms with Gasteiger partial charge in [0, 0.05) is 17.4 Å². The monoisotopic (exact) mass is 390 g/mol. The average Bonchev–Trinajstić information content (AvgIpc) is 3.32. The number of ether oxygens (including phenoxy) is 1. The van der Waals surface area contributed by atoms with Crippen LogP contribution in [0.5, 0.6) is 0 Å². The molecule has 5 nitrogen and oxygen atoms in total. The first-order chi connectivity index (χ1) is 13.2. The molecule has 0 aromatic heterocycles. The maximum Gasteiger partial charge on any atom is 0.129 e. The molecule has 0 amide bonds. The van der Waals surface area contributed by atoms with Gasteiger partial charge in [-0.2, -0.15) is 0 Å². The summed E-state index contributed by atoms with van der Waals surface area (Å²) in [6.07, 6.45) is 8.06. The van der Waals surface area contributed by atoms with Crippen molar-refractivity contribution in [2.75, 3.05) is 13.2 Å². The van der Waals surface area contributed by atoms with Gasteiger partial charge in [0.15, 0.2) is 0 Å². The number of aliphatic hydroxyl groups is 1. The van der Waals surface area contributed by atoms with E-state index in [2.05, 4.69) is 32.9 Å². The van der Waals surface area contributed by atoms with Crippen LogP contribution in [-0.2, 0) is 9.57 Å². The minimum atomic E-state index is -0.112. The van der Waals surface area contributed by atoms with Crippen LogP contribution in [0.3, 0.4) is 0 Å². The number of nitrogens with zero attached hydrogens (tertiary/aromatic N) is 1. The zero-order chi connectivity index (χ0) is 19.9. The van der Waals surface area contributed by atoms with Crippen LogP contribution in [0, 0.1) is 34.0 Å². The quantitative estimate of drug-likeness (QED) is 0.439. The Morgan fingerprint density at radius 3 is 2.68 bits per heavy atom. The van der Waals surface area contributed by atoms with Crippen molar-refractivity contribution in [2.24, 2.45) is 44.9 Å². The van der Waals surface area contributed by atoms with Gasteiger partial charge in [0.1, 0.15) is 12.2 Å². The summed E-state index contributed by atoms with van der Waals surface area (Å²) in [7, 11) is 0. The van der Waals surface area contributed by atoms with Crippen molar-refractivity contribution in [2.45, 2.75) is 90.4 Å². The highest BCUT2D eigenvalue weighted by molar-refractivity contribution is 5.92. The van der Waals surface area contributed by atoms with Gasteiger partial charge >= 0.3 is 0 Å². The highest BCUT2D eigenvalue weighted by Gasteiger charge is 2.81. The molecule has 158 valence electrons. The van der Waals surface area contributed by atoms with Crippen molar-refractivity contribution in [1.82, 2.24) is 0 Å².